The minimum absolute atomic E-state index is 0.202. The fourth-order valence-electron chi connectivity index (χ4n) is 4.42. The van der Waals surface area contributed by atoms with Crippen LogP contribution in [0, 0.1) is 11.8 Å². The lowest BCUT2D eigenvalue weighted by Crippen LogP contribution is -2.31. The smallest absolute Gasteiger partial charge is 0.103 e. The first-order chi connectivity index (χ1) is 12.2. The summed E-state index contributed by atoms with van der Waals surface area (Å²) in [5, 5.41) is 0. The van der Waals surface area contributed by atoms with Crippen molar-refractivity contribution in [1.29, 1.82) is 0 Å². The molecule has 0 saturated carbocycles. The molecule has 0 aromatic rings. The second-order valence-electron chi connectivity index (χ2n) is 8.40. The number of hydrogen-bond donors (Lipinski definition) is 0. The van der Waals surface area contributed by atoms with E-state index in [1.54, 1.807) is 0 Å². The normalized spacial score (nSPS) is 30.2. The molecule has 0 amide bonds. The van der Waals surface area contributed by atoms with Crippen LogP contribution in [-0.2, 0) is 9.47 Å². The van der Waals surface area contributed by atoms with E-state index in [-0.39, 0.29) is 11.2 Å². The van der Waals surface area contributed by atoms with Gasteiger partial charge in [-0.1, -0.05) is 79.1 Å². The predicted molar refractivity (Wildman–Crippen MR) is 111 cm³/mol. The Morgan fingerprint density at radius 3 is 1.40 bits per heavy atom. The fourth-order valence-corrected chi connectivity index (χ4v) is 6.01. The molecular weight excluding hydrogens is 328 g/mol. The molecular formula is C22H42O2S. The predicted octanol–water partition coefficient (Wildman–Crippen LogP) is 6.47. The van der Waals surface area contributed by atoms with Crippen LogP contribution in [0.4, 0.5) is 0 Å². The molecule has 4 unspecified atom stereocenters. The SMILES string of the molecule is CCCCCC(CC)C1(CSCC2(C(CC)CCCCC)CO2)CO1. The first-order valence-corrected chi connectivity index (χ1v) is 12.2. The fraction of sp³-hybridized carbons (Fsp3) is 1.00. The third-order valence-corrected chi connectivity index (χ3v) is 7.89. The second-order valence-corrected chi connectivity index (χ2v) is 9.39. The molecule has 0 aromatic carbocycles. The lowest BCUT2D eigenvalue weighted by Gasteiger charge is -2.26. The molecule has 148 valence electrons. The van der Waals surface area contributed by atoms with Crippen molar-refractivity contribution < 1.29 is 9.47 Å². The van der Waals surface area contributed by atoms with E-state index in [9.17, 15) is 0 Å². The first kappa shape index (κ1) is 21.6. The molecule has 25 heavy (non-hydrogen) atoms. The largest absolute Gasteiger partial charge is 0.368 e. The van der Waals surface area contributed by atoms with E-state index in [0.29, 0.717) is 0 Å². The summed E-state index contributed by atoms with van der Waals surface area (Å²) in [7, 11) is 0. The summed E-state index contributed by atoms with van der Waals surface area (Å²) in [5.41, 5.74) is 0.403. The van der Waals surface area contributed by atoms with Crippen LogP contribution in [-0.4, -0.2) is 35.9 Å². The summed E-state index contributed by atoms with van der Waals surface area (Å²) < 4.78 is 12.0. The van der Waals surface area contributed by atoms with Gasteiger partial charge < -0.3 is 9.47 Å². The summed E-state index contributed by atoms with van der Waals surface area (Å²) in [6.45, 7) is 11.3. The molecule has 2 fully saturated rings. The van der Waals surface area contributed by atoms with Crippen molar-refractivity contribution in [1.82, 2.24) is 0 Å². The zero-order chi connectivity index (χ0) is 18.2. The van der Waals surface area contributed by atoms with Crippen LogP contribution in [0.2, 0.25) is 0 Å². The van der Waals surface area contributed by atoms with Gasteiger partial charge in [-0.15, -0.1) is 0 Å². The van der Waals surface area contributed by atoms with Crippen molar-refractivity contribution in [3.8, 4) is 0 Å². The van der Waals surface area contributed by atoms with E-state index in [4.69, 9.17) is 9.47 Å². The zero-order valence-electron chi connectivity index (χ0n) is 17.3. The van der Waals surface area contributed by atoms with Crippen LogP contribution in [0.3, 0.4) is 0 Å². The Hall–Kier alpha value is 0.270. The Bertz CT molecular complexity index is 329. The topological polar surface area (TPSA) is 25.1 Å². The van der Waals surface area contributed by atoms with Gasteiger partial charge >= 0.3 is 0 Å². The van der Waals surface area contributed by atoms with Gasteiger partial charge in [0.25, 0.3) is 0 Å². The highest BCUT2D eigenvalue weighted by Gasteiger charge is 2.53. The van der Waals surface area contributed by atoms with Gasteiger partial charge in [-0.3, -0.25) is 0 Å². The van der Waals surface area contributed by atoms with Gasteiger partial charge in [0.05, 0.1) is 13.2 Å². The molecule has 0 spiro atoms. The Labute approximate surface area is 161 Å². The monoisotopic (exact) mass is 370 g/mol. The molecule has 2 heterocycles. The van der Waals surface area contributed by atoms with Gasteiger partial charge in [-0.25, -0.2) is 0 Å². The van der Waals surface area contributed by atoms with Crippen molar-refractivity contribution >= 4 is 11.8 Å². The number of hydrogen-bond acceptors (Lipinski definition) is 3. The lowest BCUT2D eigenvalue weighted by atomic mass is 9.87. The summed E-state index contributed by atoms with van der Waals surface area (Å²) >= 11 is 2.11. The van der Waals surface area contributed by atoms with E-state index < -0.39 is 0 Å². The number of thioether (sulfide) groups is 1. The van der Waals surface area contributed by atoms with Crippen LogP contribution >= 0.6 is 11.8 Å². The minimum Gasteiger partial charge on any atom is -0.368 e. The van der Waals surface area contributed by atoms with Gasteiger partial charge in [-0.05, 0) is 24.7 Å². The number of ether oxygens (including phenoxy) is 2. The number of rotatable bonds is 16. The molecule has 0 radical (unpaired) electrons. The molecule has 2 aliphatic heterocycles. The molecule has 0 aliphatic carbocycles. The van der Waals surface area contributed by atoms with E-state index in [2.05, 4.69) is 39.5 Å². The van der Waals surface area contributed by atoms with Gasteiger partial charge in [0, 0.05) is 11.5 Å². The average molecular weight is 371 g/mol. The van der Waals surface area contributed by atoms with E-state index in [1.165, 1.54) is 75.7 Å². The Balaban J connectivity index is 1.75. The summed E-state index contributed by atoms with van der Waals surface area (Å²) in [4.78, 5) is 0. The maximum absolute atomic E-state index is 6.02. The van der Waals surface area contributed by atoms with Gasteiger partial charge in [-0.2, -0.15) is 11.8 Å². The minimum atomic E-state index is 0.202. The molecule has 2 rings (SSSR count). The third-order valence-electron chi connectivity index (χ3n) is 6.51. The van der Waals surface area contributed by atoms with E-state index >= 15 is 0 Å². The van der Waals surface area contributed by atoms with Crippen LogP contribution in [0.1, 0.15) is 91.9 Å². The van der Waals surface area contributed by atoms with Crippen LogP contribution < -0.4 is 0 Å². The molecule has 2 aliphatic rings. The summed E-state index contributed by atoms with van der Waals surface area (Å²) in [5.74, 6) is 3.87. The van der Waals surface area contributed by atoms with Crippen molar-refractivity contribution in [3.63, 3.8) is 0 Å². The van der Waals surface area contributed by atoms with Crippen molar-refractivity contribution in [3.05, 3.63) is 0 Å². The zero-order valence-corrected chi connectivity index (χ0v) is 18.1. The van der Waals surface area contributed by atoms with Crippen LogP contribution in [0.25, 0.3) is 0 Å². The van der Waals surface area contributed by atoms with E-state index in [0.717, 1.165) is 25.0 Å². The summed E-state index contributed by atoms with van der Waals surface area (Å²) in [6.07, 6.45) is 13.3. The molecule has 0 N–H and O–H groups in total. The van der Waals surface area contributed by atoms with Crippen molar-refractivity contribution in [2.45, 2.75) is 103 Å². The Kier molecular flexibility index (Phi) is 9.11. The molecule has 2 saturated heterocycles. The lowest BCUT2D eigenvalue weighted by molar-refractivity contribution is 0.215. The molecule has 3 heteroatoms. The highest BCUT2D eigenvalue weighted by atomic mass is 32.2. The molecule has 4 atom stereocenters. The Morgan fingerprint density at radius 2 is 1.12 bits per heavy atom. The quantitative estimate of drug-likeness (QED) is 0.230. The van der Waals surface area contributed by atoms with Gasteiger partial charge in [0.2, 0.25) is 0 Å². The van der Waals surface area contributed by atoms with Gasteiger partial charge in [0.1, 0.15) is 11.2 Å². The van der Waals surface area contributed by atoms with Gasteiger partial charge in [0.15, 0.2) is 0 Å². The number of epoxide rings is 2. The average Bonchev–Trinajstić information content (AvgIpc) is 3.54. The Morgan fingerprint density at radius 1 is 0.720 bits per heavy atom. The first-order valence-electron chi connectivity index (χ1n) is 11.0. The van der Waals surface area contributed by atoms with Crippen molar-refractivity contribution in [2.24, 2.45) is 11.8 Å². The molecule has 2 nitrogen and oxygen atoms in total. The molecule has 0 aromatic heterocycles. The maximum Gasteiger partial charge on any atom is 0.103 e. The molecule has 0 bridgehead atoms. The maximum atomic E-state index is 6.02. The highest BCUT2D eigenvalue weighted by Crippen LogP contribution is 2.46. The van der Waals surface area contributed by atoms with Crippen LogP contribution in [0.15, 0.2) is 0 Å². The van der Waals surface area contributed by atoms with E-state index in [1.807, 2.05) is 0 Å². The van der Waals surface area contributed by atoms with Crippen LogP contribution in [0.5, 0.6) is 0 Å². The second kappa shape index (κ2) is 10.6. The van der Waals surface area contributed by atoms with Crippen molar-refractivity contribution in [2.75, 3.05) is 24.7 Å². The number of unbranched alkanes of at least 4 members (excludes halogenated alkanes) is 4. The highest BCUT2D eigenvalue weighted by molar-refractivity contribution is 7.99. The third kappa shape index (κ3) is 6.14. The standard InChI is InChI=1S/C22H42O2S/c1-5-9-11-13-19(7-3)21(15-23-21)17-25-18-22(16-24-22)20(8-4)14-12-10-6-2/h19-20H,5-18H2,1-4H3. The summed E-state index contributed by atoms with van der Waals surface area (Å²) in [6, 6.07) is 0.